The minimum absolute atomic E-state index is 0.145. The maximum atomic E-state index is 10.3. The molecule has 0 saturated carbocycles. The molecule has 0 aromatic carbocycles. The highest BCUT2D eigenvalue weighted by Gasteiger charge is 2.09. The molecular formula is C12H15N5O5. The summed E-state index contributed by atoms with van der Waals surface area (Å²) >= 11 is 0. The molecule has 10 heteroatoms. The number of nitrogens with two attached hydrogens (primary N) is 1. The van der Waals surface area contributed by atoms with Crippen molar-refractivity contribution < 1.29 is 19.2 Å². The third-order valence-corrected chi connectivity index (χ3v) is 2.33. The monoisotopic (exact) mass is 309 g/mol. The Morgan fingerprint density at radius 3 is 2.50 bits per heavy atom. The number of carbonyl (C=O) groups is 1. The van der Waals surface area contributed by atoms with Crippen LogP contribution in [0.3, 0.4) is 0 Å². The fourth-order valence-corrected chi connectivity index (χ4v) is 1.38. The van der Waals surface area contributed by atoms with Crippen LogP contribution in [-0.2, 0) is 11.3 Å². The fourth-order valence-electron chi connectivity index (χ4n) is 1.38. The normalized spacial score (nSPS) is 9.36. The van der Waals surface area contributed by atoms with Crippen molar-refractivity contribution in [2.45, 2.75) is 6.54 Å². The Labute approximate surface area is 125 Å². The van der Waals surface area contributed by atoms with Crippen LogP contribution in [0, 0.1) is 10.1 Å². The first-order chi connectivity index (χ1) is 10.5. The van der Waals surface area contributed by atoms with Gasteiger partial charge in [-0.1, -0.05) is 0 Å². The SMILES string of the molecule is COc1ccncc1OC.NC(=O)Cn1cc([N+](=O)[O-])cn1. The van der Waals surface area contributed by atoms with E-state index in [1.165, 1.54) is 0 Å². The van der Waals surface area contributed by atoms with E-state index in [0.29, 0.717) is 11.5 Å². The first kappa shape index (κ1) is 16.9. The van der Waals surface area contributed by atoms with Gasteiger partial charge in [0.25, 0.3) is 0 Å². The number of nitro groups is 1. The second-order valence-electron chi connectivity index (χ2n) is 3.85. The molecule has 0 fully saturated rings. The van der Waals surface area contributed by atoms with Crippen LogP contribution < -0.4 is 15.2 Å². The van der Waals surface area contributed by atoms with Gasteiger partial charge in [-0.3, -0.25) is 24.6 Å². The Bertz CT molecular complexity index is 619. The van der Waals surface area contributed by atoms with Gasteiger partial charge >= 0.3 is 5.69 Å². The molecule has 0 radical (unpaired) electrons. The molecule has 0 spiro atoms. The van der Waals surface area contributed by atoms with E-state index >= 15 is 0 Å². The largest absolute Gasteiger partial charge is 0.493 e. The van der Waals surface area contributed by atoms with Crippen LogP contribution in [0.15, 0.2) is 30.9 Å². The van der Waals surface area contributed by atoms with E-state index < -0.39 is 10.8 Å². The van der Waals surface area contributed by atoms with E-state index in [0.717, 1.165) is 17.1 Å². The topological polar surface area (TPSA) is 135 Å². The van der Waals surface area contributed by atoms with Gasteiger partial charge in [0.2, 0.25) is 5.91 Å². The van der Waals surface area contributed by atoms with Crippen LogP contribution in [0.5, 0.6) is 11.5 Å². The highest BCUT2D eigenvalue weighted by Crippen LogP contribution is 2.23. The molecule has 0 aliphatic heterocycles. The van der Waals surface area contributed by atoms with E-state index in [1.807, 2.05) is 0 Å². The van der Waals surface area contributed by atoms with Crippen molar-refractivity contribution in [2.24, 2.45) is 5.73 Å². The summed E-state index contributed by atoms with van der Waals surface area (Å²) in [5.74, 6) is 0.774. The predicted molar refractivity (Wildman–Crippen MR) is 75.4 cm³/mol. The summed E-state index contributed by atoms with van der Waals surface area (Å²) in [6.45, 7) is -0.145. The zero-order chi connectivity index (χ0) is 16.5. The third-order valence-electron chi connectivity index (χ3n) is 2.33. The van der Waals surface area contributed by atoms with Gasteiger partial charge in [-0.25, -0.2) is 0 Å². The summed E-state index contributed by atoms with van der Waals surface area (Å²) in [7, 11) is 3.18. The lowest BCUT2D eigenvalue weighted by Crippen LogP contribution is -2.18. The van der Waals surface area contributed by atoms with Gasteiger partial charge in [-0.15, -0.1) is 0 Å². The number of primary amides is 1. The molecule has 2 rings (SSSR count). The Morgan fingerprint density at radius 2 is 2.05 bits per heavy atom. The Balaban J connectivity index is 0.000000224. The summed E-state index contributed by atoms with van der Waals surface area (Å²) in [6.07, 6.45) is 5.47. The van der Waals surface area contributed by atoms with Crippen molar-refractivity contribution in [2.75, 3.05) is 14.2 Å². The molecule has 0 saturated heterocycles. The first-order valence-corrected chi connectivity index (χ1v) is 5.95. The molecule has 2 heterocycles. The van der Waals surface area contributed by atoms with Gasteiger partial charge in [0, 0.05) is 12.3 Å². The number of hydrogen-bond acceptors (Lipinski definition) is 7. The Hall–Kier alpha value is -3.17. The number of pyridine rings is 1. The summed E-state index contributed by atoms with van der Waals surface area (Å²) in [4.78, 5) is 23.7. The molecule has 0 unspecified atom stereocenters. The van der Waals surface area contributed by atoms with Crippen LogP contribution in [0.1, 0.15) is 0 Å². The van der Waals surface area contributed by atoms with Crippen LogP contribution in [0.25, 0.3) is 0 Å². The summed E-state index contributed by atoms with van der Waals surface area (Å²) < 4.78 is 11.0. The lowest BCUT2D eigenvalue weighted by Gasteiger charge is -2.03. The summed E-state index contributed by atoms with van der Waals surface area (Å²) in [5.41, 5.74) is 4.68. The molecule has 0 aliphatic carbocycles. The number of rotatable bonds is 5. The number of nitrogens with zero attached hydrogens (tertiary/aromatic N) is 4. The number of amides is 1. The van der Waals surface area contributed by atoms with Crippen molar-refractivity contribution in [3.8, 4) is 11.5 Å². The van der Waals surface area contributed by atoms with E-state index in [4.69, 9.17) is 15.2 Å². The van der Waals surface area contributed by atoms with Crippen LogP contribution in [0.4, 0.5) is 5.69 Å². The minimum Gasteiger partial charge on any atom is -0.493 e. The molecule has 1 amide bonds. The van der Waals surface area contributed by atoms with Crippen molar-refractivity contribution in [3.05, 3.63) is 41.0 Å². The molecule has 0 atom stereocenters. The molecule has 118 valence electrons. The highest BCUT2D eigenvalue weighted by atomic mass is 16.6. The first-order valence-electron chi connectivity index (χ1n) is 5.95. The lowest BCUT2D eigenvalue weighted by molar-refractivity contribution is -0.385. The fraction of sp³-hybridized carbons (Fsp3) is 0.250. The Morgan fingerprint density at radius 1 is 1.36 bits per heavy atom. The zero-order valence-electron chi connectivity index (χ0n) is 12.0. The molecule has 2 aromatic heterocycles. The molecule has 10 nitrogen and oxygen atoms in total. The average Bonchev–Trinajstić information content (AvgIpc) is 2.95. The van der Waals surface area contributed by atoms with Gasteiger partial charge in [-0.05, 0) is 0 Å². The van der Waals surface area contributed by atoms with Gasteiger partial charge in [0.05, 0.1) is 25.3 Å². The van der Waals surface area contributed by atoms with Gasteiger partial charge in [0.15, 0.2) is 11.5 Å². The number of aromatic nitrogens is 3. The molecule has 0 bridgehead atoms. The number of carbonyl (C=O) groups excluding carboxylic acids is 1. The molecule has 22 heavy (non-hydrogen) atoms. The quantitative estimate of drug-likeness (QED) is 0.622. The van der Waals surface area contributed by atoms with E-state index in [1.54, 1.807) is 32.7 Å². The van der Waals surface area contributed by atoms with Gasteiger partial charge in [-0.2, -0.15) is 5.10 Å². The van der Waals surface area contributed by atoms with Crippen LogP contribution in [-0.4, -0.2) is 39.8 Å². The molecular weight excluding hydrogens is 294 g/mol. The molecule has 2 aromatic rings. The van der Waals surface area contributed by atoms with Crippen molar-refractivity contribution in [1.82, 2.24) is 14.8 Å². The average molecular weight is 309 g/mol. The second kappa shape index (κ2) is 8.19. The van der Waals surface area contributed by atoms with Gasteiger partial charge < -0.3 is 15.2 Å². The summed E-state index contributed by atoms with van der Waals surface area (Å²) in [6, 6.07) is 1.75. The molecule has 2 N–H and O–H groups in total. The smallest absolute Gasteiger partial charge is 0.307 e. The zero-order valence-corrected chi connectivity index (χ0v) is 12.0. The molecule has 0 aliphatic rings. The highest BCUT2D eigenvalue weighted by molar-refractivity contribution is 5.73. The van der Waals surface area contributed by atoms with Crippen molar-refractivity contribution in [3.63, 3.8) is 0 Å². The number of methoxy groups -OCH3 is 2. The number of ether oxygens (including phenoxy) is 2. The lowest BCUT2D eigenvalue weighted by atomic mass is 10.4. The maximum Gasteiger partial charge on any atom is 0.307 e. The predicted octanol–water partition coefficient (Wildman–Crippen LogP) is 0.375. The maximum absolute atomic E-state index is 10.3. The third kappa shape index (κ3) is 5.07. The van der Waals surface area contributed by atoms with E-state index in [-0.39, 0.29) is 12.2 Å². The summed E-state index contributed by atoms with van der Waals surface area (Å²) in [5, 5.41) is 13.7. The van der Waals surface area contributed by atoms with Crippen LogP contribution >= 0.6 is 0 Å². The van der Waals surface area contributed by atoms with Crippen molar-refractivity contribution in [1.29, 1.82) is 0 Å². The minimum atomic E-state index is -0.593. The van der Waals surface area contributed by atoms with E-state index in [2.05, 4.69) is 10.1 Å². The van der Waals surface area contributed by atoms with E-state index in [9.17, 15) is 14.9 Å². The number of hydrogen-bond donors (Lipinski definition) is 1. The Kier molecular flexibility index (Phi) is 6.29. The van der Waals surface area contributed by atoms with Gasteiger partial charge in [0.1, 0.15) is 18.9 Å². The standard InChI is InChI=1S/C7H9NO2.C5H6N4O3/c1-9-6-3-4-8-5-7(6)10-2;6-5(10)3-8-2-4(1-7-8)9(11)12/h3-5H,1-2H3;1-2H,3H2,(H2,6,10). The van der Waals surface area contributed by atoms with Crippen molar-refractivity contribution >= 4 is 11.6 Å². The second-order valence-corrected chi connectivity index (χ2v) is 3.85. The van der Waals surface area contributed by atoms with Crippen LogP contribution in [0.2, 0.25) is 0 Å².